The number of hydrogen-bond acceptors (Lipinski definition) is 3. The van der Waals surface area contributed by atoms with Gasteiger partial charge in [0.2, 0.25) is 0 Å². The molecule has 1 aliphatic rings. The highest BCUT2D eigenvalue weighted by atomic mass is 16.5. The molecule has 15 heavy (non-hydrogen) atoms. The van der Waals surface area contributed by atoms with Crippen molar-refractivity contribution < 1.29 is 14.6 Å². The van der Waals surface area contributed by atoms with Crippen LogP contribution in [0.4, 0.5) is 0 Å². The van der Waals surface area contributed by atoms with Gasteiger partial charge in [0.15, 0.2) is 0 Å². The predicted octanol–water partition coefficient (Wildman–Crippen LogP) is 1.94. The van der Waals surface area contributed by atoms with Crippen molar-refractivity contribution in [1.82, 2.24) is 4.98 Å². The molecule has 0 aliphatic carbocycles. The van der Waals surface area contributed by atoms with Gasteiger partial charge in [0.1, 0.15) is 5.69 Å². The Morgan fingerprint density at radius 1 is 1.73 bits per heavy atom. The van der Waals surface area contributed by atoms with Crippen molar-refractivity contribution in [3.8, 4) is 0 Å². The van der Waals surface area contributed by atoms with Gasteiger partial charge in [-0.3, -0.25) is 0 Å². The standard InChI is InChI=1S/C11H13NO3/c1-3-11(2)8-4-9(10(13)14)12-5-7(8)6-15-11/h4-5H,3,6H2,1-2H3,(H,13,14)/t11-/m0/s1. The highest BCUT2D eigenvalue weighted by Crippen LogP contribution is 2.38. The third-order valence-electron chi connectivity index (χ3n) is 3.00. The summed E-state index contributed by atoms with van der Waals surface area (Å²) in [4.78, 5) is 14.7. The second-order valence-electron chi connectivity index (χ2n) is 3.90. The van der Waals surface area contributed by atoms with Gasteiger partial charge in [0, 0.05) is 11.8 Å². The van der Waals surface area contributed by atoms with E-state index >= 15 is 0 Å². The Morgan fingerprint density at radius 3 is 3.07 bits per heavy atom. The molecular weight excluding hydrogens is 194 g/mol. The first kappa shape index (κ1) is 10.1. The third-order valence-corrected chi connectivity index (χ3v) is 3.00. The monoisotopic (exact) mass is 207 g/mol. The minimum atomic E-state index is -0.997. The van der Waals surface area contributed by atoms with Crippen LogP contribution in [0.2, 0.25) is 0 Å². The summed E-state index contributed by atoms with van der Waals surface area (Å²) in [6.45, 7) is 4.52. The number of carboxylic acid groups (broad SMARTS) is 1. The molecule has 0 saturated heterocycles. The molecule has 1 atom stereocenters. The molecule has 0 amide bonds. The number of carbonyl (C=O) groups is 1. The second-order valence-corrected chi connectivity index (χ2v) is 3.90. The lowest BCUT2D eigenvalue weighted by molar-refractivity contribution is -0.0259. The van der Waals surface area contributed by atoms with Crippen molar-refractivity contribution in [1.29, 1.82) is 0 Å². The van der Waals surface area contributed by atoms with E-state index in [9.17, 15) is 4.79 Å². The molecule has 1 aliphatic heterocycles. The molecule has 0 spiro atoms. The lowest BCUT2D eigenvalue weighted by Gasteiger charge is -2.22. The topological polar surface area (TPSA) is 59.4 Å². The van der Waals surface area contributed by atoms with E-state index in [0.29, 0.717) is 6.61 Å². The van der Waals surface area contributed by atoms with Gasteiger partial charge in [0.05, 0.1) is 12.2 Å². The highest BCUT2D eigenvalue weighted by molar-refractivity contribution is 5.85. The van der Waals surface area contributed by atoms with E-state index in [1.807, 2.05) is 13.8 Å². The van der Waals surface area contributed by atoms with Crippen LogP contribution in [-0.4, -0.2) is 16.1 Å². The molecule has 0 radical (unpaired) electrons. The van der Waals surface area contributed by atoms with Crippen LogP contribution in [0.5, 0.6) is 0 Å². The molecule has 0 bridgehead atoms. The molecule has 80 valence electrons. The minimum absolute atomic E-state index is 0.0823. The Labute approximate surface area is 87.9 Å². The Balaban J connectivity index is 2.51. The number of aromatic nitrogens is 1. The number of hydrogen-bond donors (Lipinski definition) is 1. The van der Waals surface area contributed by atoms with E-state index in [2.05, 4.69) is 4.98 Å². The number of rotatable bonds is 2. The number of aromatic carboxylic acids is 1. The molecule has 4 heteroatoms. The number of nitrogens with zero attached hydrogens (tertiary/aromatic N) is 1. The van der Waals surface area contributed by atoms with Crippen LogP contribution in [-0.2, 0) is 16.9 Å². The number of pyridine rings is 1. The van der Waals surface area contributed by atoms with Gasteiger partial charge in [-0.2, -0.15) is 0 Å². The number of fused-ring (bicyclic) bond motifs is 1. The largest absolute Gasteiger partial charge is 0.477 e. The molecule has 0 fully saturated rings. The third kappa shape index (κ3) is 1.51. The molecule has 4 nitrogen and oxygen atoms in total. The first-order chi connectivity index (χ1) is 7.07. The van der Waals surface area contributed by atoms with Gasteiger partial charge in [-0.15, -0.1) is 0 Å². The van der Waals surface area contributed by atoms with Crippen molar-refractivity contribution >= 4 is 5.97 Å². The summed E-state index contributed by atoms with van der Waals surface area (Å²) in [6, 6.07) is 1.62. The maximum absolute atomic E-state index is 10.8. The predicted molar refractivity (Wildman–Crippen MR) is 53.6 cm³/mol. The van der Waals surface area contributed by atoms with Crippen LogP contribution in [0.1, 0.15) is 41.9 Å². The molecule has 0 unspecified atom stereocenters. The van der Waals surface area contributed by atoms with Crippen LogP contribution < -0.4 is 0 Å². The van der Waals surface area contributed by atoms with Crippen LogP contribution in [0, 0.1) is 0 Å². The highest BCUT2D eigenvalue weighted by Gasteiger charge is 2.34. The van der Waals surface area contributed by atoms with Crippen LogP contribution in [0.3, 0.4) is 0 Å². The second kappa shape index (κ2) is 3.31. The maximum Gasteiger partial charge on any atom is 0.354 e. The molecule has 0 saturated carbocycles. The lowest BCUT2D eigenvalue weighted by atomic mass is 9.92. The average Bonchev–Trinajstić information content (AvgIpc) is 2.57. The first-order valence-corrected chi connectivity index (χ1v) is 4.93. The normalized spacial score (nSPS) is 23.9. The average molecular weight is 207 g/mol. The van der Waals surface area contributed by atoms with E-state index in [-0.39, 0.29) is 11.3 Å². The fourth-order valence-corrected chi connectivity index (χ4v) is 1.82. The van der Waals surface area contributed by atoms with Crippen molar-refractivity contribution in [3.63, 3.8) is 0 Å². The van der Waals surface area contributed by atoms with Gasteiger partial charge in [-0.1, -0.05) is 6.92 Å². The van der Waals surface area contributed by atoms with Gasteiger partial charge in [-0.05, 0) is 25.0 Å². The smallest absolute Gasteiger partial charge is 0.354 e. The van der Waals surface area contributed by atoms with Crippen molar-refractivity contribution in [2.24, 2.45) is 0 Å². The quantitative estimate of drug-likeness (QED) is 0.805. The van der Waals surface area contributed by atoms with E-state index in [1.165, 1.54) is 0 Å². The maximum atomic E-state index is 10.8. The Morgan fingerprint density at radius 2 is 2.47 bits per heavy atom. The molecular formula is C11H13NO3. The molecule has 1 N–H and O–H groups in total. The van der Waals surface area contributed by atoms with E-state index < -0.39 is 5.97 Å². The SMILES string of the molecule is CC[C@]1(C)OCc2cnc(C(=O)O)cc21. The Hall–Kier alpha value is -1.42. The van der Waals surface area contributed by atoms with Crippen LogP contribution >= 0.6 is 0 Å². The Bertz CT molecular complexity index is 416. The molecule has 2 rings (SSSR count). The molecule has 1 aromatic rings. The molecule has 1 aromatic heterocycles. The summed E-state index contributed by atoms with van der Waals surface area (Å²) in [5.74, 6) is -0.997. The van der Waals surface area contributed by atoms with Gasteiger partial charge >= 0.3 is 5.97 Å². The van der Waals surface area contributed by atoms with Crippen molar-refractivity contribution in [3.05, 3.63) is 29.1 Å². The van der Waals surface area contributed by atoms with E-state index in [0.717, 1.165) is 17.5 Å². The molecule has 2 heterocycles. The summed E-state index contributed by atoms with van der Waals surface area (Å²) < 4.78 is 5.66. The summed E-state index contributed by atoms with van der Waals surface area (Å²) in [5, 5.41) is 8.86. The van der Waals surface area contributed by atoms with E-state index in [4.69, 9.17) is 9.84 Å². The summed E-state index contributed by atoms with van der Waals surface area (Å²) in [5.41, 5.74) is 1.67. The van der Waals surface area contributed by atoms with Crippen LogP contribution in [0.15, 0.2) is 12.3 Å². The zero-order valence-electron chi connectivity index (χ0n) is 8.78. The van der Waals surface area contributed by atoms with Crippen LogP contribution in [0.25, 0.3) is 0 Å². The Kier molecular flexibility index (Phi) is 2.23. The zero-order valence-corrected chi connectivity index (χ0v) is 8.78. The first-order valence-electron chi connectivity index (χ1n) is 4.93. The fourth-order valence-electron chi connectivity index (χ4n) is 1.82. The number of carboxylic acids is 1. The fraction of sp³-hybridized carbons (Fsp3) is 0.455. The zero-order chi connectivity index (χ0) is 11.1. The van der Waals surface area contributed by atoms with Crippen molar-refractivity contribution in [2.45, 2.75) is 32.5 Å². The minimum Gasteiger partial charge on any atom is -0.477 e. The van der Waals surface area contributed by atoms with Gasteiger partial charge < -0.3 is 9.84 Å². The summed E-state index contributed by atoms with van der Waals surface area (Å²) in [6.07, 6.45) is 2.42. The van der Waals surface area contributed by atoms with Crippen molar-refractivity contribution in [2.75, 3.05) is 0 Å². The summed E-state index contributed by atoms with van der Waals surface area (Å²) >= 11 is 0. The molecule has 0 aromatic carbocycles. The lowest BCUT2D eigenvalue weighted by Crippen LogP contribution is -2.19. The van der Waals surface area contributed by atoms with Gasteiger partial charge in [-0.25, -0.2) is 9.78 Å². The van der Waals surface area contributed by atoms with Gasteiger partial charge in [0.25, 0.3) is 0 Å². The summed E-state index contributed by atoms with van der Waals surface area (Å²) in [7, 11) is 0. The number of ether oxygens (including phenoxy) is 1. The van der Waals surface area contributed by atoms with E-state index in [1.54, 1.807) is 12.3 Å².